The Labute approximate surface area is 238 Å². The Morgan fingerprint density at radius 3 is 2.32 bits per heavy atom. The maximum atomic E-state index is 15.1. The molecule has 41 heavy (non-hydrogen) atoms. The van der Waals surface area contributed by atoms with Crippen LogP contribution in [0.1, 0.15) is 65.2 Å². The number of rotatable bonds is 8. The highest BCUT2D eigenvalue weighted by molar-refractivity contribution is 7.90. The van der Waals surface area contributed by atoms with Crippen LogP contribution in [0.4, 0.5) is 13.2 Å². The third-order valence-electron chi connectivity index (χ3n) is 8.15. The molecule has 2 aliphatic rings. The number of alkyl halides is 2. The van der Waals surface area contributed by atoms with Crippen LogP contribution in [-0.2, 0) is 22.9 Å². The van der Waals surface area contributed by atoms with Crippen molar-refractivity contribution in [3.05, 3.63) is 82.9 Å². The number of sulfone groups is 1. The molecule has 11 heteroatoms. The van der Waals surface area contributed by atoms with Crippen molar-refractivity contribution < 1.29 is 26.4 Å². The fraction of sp³-hybridized carbons (Fsp3) is 0.467. The first-order valence-electron chi connectivity index (χ1n) is 14.0. The molecule has 3 heterocycles. The van der Waals surface area contributed by atoms with Gasteiger partial charge in [-0.1, -0.05) is 31.2 Å². The minimum atomic E-state index is -3.24. The van der Waals surface area contributed by atoms with Gasteiger partial charge in [-0.2, -0.15) is 5.10 Å². The second-order valence-electron chi connectivity index (χ2n) is 11.2. The molecule has 5 rings (SSSR count). The highest BCUT2D eigenvalue weighted by atomic mass is 32.2. The number of benzene rings is 2. The number of hydrogen-bond acceptors (Lipinski definition) is 5. The van der Waals surface area contributed by atoms with E-state index in [4.69, 9.17) is 0 Å². The van der Waals surface area contributed by atoms with E-state index < -0.39 is 39.9 Å². The van der Waals surface area contributed by atoms with E-state index in [0.29, 0.717) is 29.1 Å². The smallest absolute Gasteiger partial charge is 0.273 e. The van der Waals surface area contributed by atoms with Crippen LogP contribution >= 0.6 is 0 Å². The van der Waals surface area contributed by atoms with Crippen molar-refractivity contribution in [3.8, 4) is 0 Å². The number of carbonyl (C=O) groups is 1. The molecule has 2 aliphatic heterocycles. The first-order valence-corrected chi connectivity index (χ1v) is 15.8. The number of piperidine rings is 1. The Kier molecular flexibility index (Phi) is 8.29. The predicted molar refractivity (Wildman–Crippen MR) is 149 cm³/mol. The number of aromatic nitrogens is 2. The lowest BCUT2D eigenvalue weighted by Gasteiger charge is -2.33. The molecule has 0 saturated carbocycles. The molecule has 220 valence electrons. The van der Waals surface area contributed by atoms with E-state index in [0.717, 1.165) is 43.6 Å². The van der Waals surface area contributed by atoms with E-state index in [1.165, 1.54) is 41.6 Å². The number of carbonyl (C=O) groups excluding carboxylic acids is 1. The van der Waals surface area contributed by atoms with Gasteiger partial charge >= 0.3 is 0 Å². The number of hydrogen-bond donors (Lipinski definition) is 0. The molecule has 1 amide bonds. The summed E-state index contributed by atoms with van der Waals surface area (Å²) in [5.74, 6) is -5.21. The molecule has 1 aromatic heterocycles. The van der Waals surface area contributed by atoms with Crippen molar-refractivity contribution in [1.29, 1.82) is 0 Å². The van der Waals surface area contributed by atoms with Crippen molar-refractivity contribution >= 4 is 15.7 Å². The summed E-state index contributed by atoms with van der Waals surface area (Å²) < 4.78 is 68.8. The zero-order valence-corrected chi connectivity index (χ0v) is 24.1. The van der Waals surface area contributed by atoms with Gasteiger partial charge in [0.05, 0.1) is 34.8 Å². The van der Waals surface area contributed by atoms with E-state index in [1.807, 2.05) is 23.7 Å². The largest absolute Gasteiger partial charge is 0.332 e. The zero-order chi connectivity index (χ0) is 29.4. The standard InChI is InChI=1S/C30H35F3N4O3S/c1-3-14-37-28(23-12-15-35(16-13-23)18-21-4-10-25(11-5-21)41(2,39)40)26(17-34-37)29(38)36-19-27(30(32,33)20-36)22-6-8-24(31)9-7-22/h4-11,17,23,27H,3,12-16,18-20H2,1-2H3. The minimum Gasteiger partial charge on any atom is -0.332 e. The molecule has 1 atom stereocenters. The van der Waals surface area contributed by atoms with Gasteiger partial charge in [0.15, 0.2) is 9.84 Å². The number of halogens is 3. The van der Waals surface area contributed by atoms with E-state index in [9.17, 15) is 17.6 Å². The Balaban J connectivity index is 1.29. The van der Waals surface area contributed by atoms with Crippen LogP contribution in [0, 0.1) is 5.82 Å². The molecular weight excluding hydrogens is 553 g/mol. The van der Waals surface area contributed by atoms with E-state index in [1.54, 1.807) is 12.1 Å². The van der Waals surface area contributed by atoms with Gasteiger partial charge in [-0.15, -0.1) is 0 Å². The summed E-state index contributed by atoms with van der Waals surface area (Å²) >= 11 is 0. The van der Waals surface area contributed by atoms with Crippen LogP contribution in [0.2, 0.25) is 0 Å². The number of aryl methyl sites for hydroxylation is 1. The Morgan fingerprint density at radius 1 is 1.05 bits per heavy atom. The monoisotopic (exact) mass is 588 g/mol. The molecular formula is C30H35F3N4O3S. The lowest BCUT2D eigenvalue weighted by molar-refractivity contribution is -0.00245. The van der Waals surface area contributed by atoms with Gasteiger partial charge in [0, 0.05) is 31.8 Å². The molecule has 2 aromatic carbocycles. The quantitative estimate of drug-likeness (QED) is 0.367. The van der Waals surface area contributed by atoms with Crippen molar-refractivity contribution in [2.75, 3.05) is 32.4 Å². The van der Waals surface area contributed by atoms with Crippen LogP contribution in [0.15, 0.2) is 59.6 Å². The predicted octanol–water partition coefficient (Wildman–Crippen LogP) is 5.09. The van der Waals surface area contributed by atoms with Crippen LogP contribution in [0.5, 0.6) is 0 Å². The van der Waals surface area contributed by atoms with Crippen molar-refractivity contribution in [3.63, 3.8) is 0 Å². The van der Waals surface area contributed by atoms with E-state index in [-0.39, 0.29) is 12.5 Å². The Bertz CT molecular complexity index is 1480. The average molecular weight is 589 g/mol. The molecule has 2 saturated heterocycles. The van der Waals surface area contributed by atoms with Gasteiger partial charge in [0.1, 0.15) is 5.82 Å². The number of nitrogens with zero attached hydrogens (tertiary/aromatic N) is 4. The molecule has 0 aliphatic carbocycles. The average Bonchev–Trinajstić information content (AvgIpc) is 3.49. The van der Waals surface area contributed by atoms with Gasteiger partial charge < -0.3 is 4.90 Å². The van der Waals surface area contributed by atoms with Crippen molar-refractivity contribution in [2.45, 2.75) is 61.9 Å². The highest BCUT2D eigenvalue weighted by Crippen LogP contribution is 2.41. The molecule has 7 nitrogen and oxygen atoms in total. The lowest BCUT2D eigenvalue weighted by atomic mass is 9.90. The first kappa shape index (κ1) is 29.3. The fourth-order valence-electron chi connectivity index (χ4n) is 6.00. The summed E-state index contributed by atoms with van der Waals surface area (Å²) in [4.78, 5) is 17.5. The van der Waals surface area contributed by atoms with Gasteiger partial charge in [-0.3, -0.25) is 14.4 Å². The van der Waals surface area contributed by atoms with Crippen molar-refractivity contribution in [1.82, 2.24) is 19.6 Å². The van der Waals surface area contributed by atoms with Gasteiger partial charge in [-0.05, 0) is 67.7 Å². The maximum absolute atomic E-state index is 15.1. The third-order valence-corrected chi connectivity index (χ3v) is 9.28. The van der Waals surface area contributed by atoms with E-state index in [2.05, 4.69) is 10.00 Å². The molecule has 0 spiro atoms. The van der Waals surface area contributed by atoms with Crippen LogP contribution in [0.3, 0.4) is 0 Å². The molecule has 0 radical (unpaired) electrons. The van der Waals surface area contributed by atoms with Crippen LogP contribution < -0.4 is 0 Å². The van der Waals surface area contributed by atoms with Crippen molar-refractivity contribution in [2.24, 2.45) is 0 Å². The van der Waals surface area contributed by atoms with Gasteiger partial charge in [-0.25, -0.2) is 21.6 Å². The Morgan fingerprint density at radius 2 is 1.71 bits per heavy atom. The number of likely N-dealkylation sites (tertiary alicyclic amines) is 2. The van der Waals surface area contributed by atoms with Crippen LogP contribution in [-0.4, -0.2) is 72.3 Å². The summed E-state index contributed by atoms with van der Waals surface area (Å²) in [6.07, 6.45) is 5.09. The highest BCUT2D eigenvalue weighted by Gasteiger charge is 2.50. The van der Waals surface area contributed by atoms with Crippen LogP contribution in [0.25, 0.3) is 0 Å². The summed E-state index contributed by atoms with van der Waals surface area (Å²) in [6, 6.07) is 12.0. The topological polar surface area (TPSA) is 75.5 Å². The third kappa shape index (κ3) is 6.35. The molecule has 0 N–H and O–H groups in total. The second kappa shape index (κ2) is 11.6. The fourth-order valence-corrected chi connectivity index (χ4v) is 6.63. The second-order valence-corrected chi connectivity index (χ2v) is 13.2. The first-order chi connectivity index (χ1) is 19.5. The zero-order valence-electron chi connectivity index (χ0n) is 23.3. The summed E-state index contributed by atoms with van der Waals surface area (Å²) in [6.45, 7) is 4.05. The Hall–Kier alpha value is -3.18. The summed E-state index contributed by atoms with van der Waals surface area (Å²) in [5, 5.41) is 4.49. The SMILES string of the molecule is CCCn1ncc(C(=O)N2CC(c3ccc(F)cc3)C(F)(F)C2)c1C1CCN(Cc2ccc(S(C)(=O)=O)cc2)CC1. The molecule has 1 unspecified atom stereocenters. The van der Waals surface area contributed by atoms with Gasteiger partial charge in [0.2, 0.25) is 0 Å². The molecule has 2 fully saturated rings. The normalized spacial score (nSPS) is 20.0. The van der Waals surface area contributed by atoms with E-state index >= 15 is 8.78 Å². The minimum absolute atomic E-state index is 0.0582. The number of amides is 1. The molecule has 0 bridgehead atoms. The van der Waals surface area contributed by atoms with Gasteiger partial charge in [0.25, 0.3) is 11.8 Å². The maximum Gasteiger partial charge on any atom is 0.273 e. The summed E-state index contributed by atoms with van der Waals surface area (Å²) in [5.41, 5.74) is 2.52. The lowest BCUT2D eigenvalue weighted by Crippen LogP contribution is -2.35. The summed E-state index contributed by atoms with van der Waals surface area (Å²) in [7, 11) is -3.24. The molecule has 3 aromatic rings.